The van der Waals surface area contributed by atoms with Crippen molar-refractivity contribution >= 4 is 28.8 Å². The van der Waals surface area contributed by atoms with Gasteiger partial charge in [-0.3, -0.25) is 0 Å². The van der Waals surface area contributed by atoms with E-state index in [2.05, 4.69) is 25.5 Å². The zero-order valence-electron chi connectivity index (χ0n) is 13.4. The maximum absolute atomic E-state index is 13.3. The summed E-state index contributed by atoms with van der Waals surface area (Å²) in [6, 6.07) is 7.94. The molecule has 136 valence electrons. The summed E-state index contributed by atoms with van der Waals surface area (Å²) in [6.07, 6.45) is -1.93. The SMILES string of the molecule is Fc1ccc(N2CCC(Nc3ccc4nnc(C(F)F)n4n3)C2)cc1Cl. The number of nitrogens with zero attached hydrogens (tertiary/aromatic N) is 5. The second-order valence-electron chi connectivity index (χ2n) is 6.02. The van der Waals surface area contributed by atoms with E-state index in [4.69, 9.17) is 11.6 Å². The quantitative estimate of drug-likeness (QED) is 0.748. The third kappa shape index (κ3) is 3.14. The standard InChI is InChI=1S/C16H14ClF3N6/c17-11-7-10(1-2-12(11)18)25-6-5-9(8-25)21-13-3-4-14-22-23-16(15(19)20)26(14)24-13/h1-4,7,9,15H,5-6,8H2,(H,21,24). The van der Waals surface area contributed by atoms with Crippen molar-refractivity contribution in [3.8, 4) is 0 Å². The summed E-state index contributed by atoms with van der Waals surface area (Å²) in [5.41, 5.74) is 1.10. The van der Waals surface area contributed by atoms with E-state index in [-0.39, 0.29) is 16.7 Å². The van der Waals surface area contributed by atoms with Gasteiger partial charge in [-0.25, -0.2) is 13.2 Å². The minimum atomic E-state index is -2.75. The van der Waals surface area contributed by atoms with Crippen molar-refractivity contribution in [3.05, 3.63) is 47.0 Å². The summed E-state index contributed by atoms with van der Waals surface area (Å²) in [5, 5.41) is 14.6. The molecule has 6 nitrogen and oxygen atoms in total. The van der Waals surface area contributed by atoms with Crippen LogP contribution in [0.5, 0.6) is 0 Å². The maximum atomic E-state index is 13.3. The van der Waals surface area contributed by atoms with Gasteiger partial charge in [-0.05, 0) is 36.8 Å². The first-order valence-corrected chi connectivity index (χ1v) is 8.36. The van der Waals surface area contributed by atoms with E-state index in [1.165, 1.54) is 6.07 Å². The topological polar surface area (TPSA) is 58.3 Å². The van der Waals surface area contributed by atoms with Crippen molar-refractivity contribution in [1.82, 2.24) is 19.8 Å². The number of rotatable bonds is 4. The maximum Gasteiger partial charge on any atom is 0.299 e. The van der Waals surface area contributed by atoms with E-state index in [9.17, 15) is 13.2 Å². The van der Waals surface area contributed by atoms with Crippen LogP contribution < -0.4 is 10.2 Å². The largest absolute Gasteiger partial charge is 0.369 e. The van der Waals surface area contributed by atoms with Crippen LogP contribution in [0, 0.1) is 5.82 Å². The molecule has 10 heteroatoms. The van der Waals surface area contributed by atoms with E-state index in [0.717, 1.165) is 23.2 Å². The van der Waals surface area contributed by atoms with Crippen molar-refractivity contribution < 1.29 is 13.2 Å². The number of aromatic nitrogens is 4. The predicted molar refractivity (Wildman–Crippen MR) is 91.4 cm³/mol. The van der Waals surface area contributed by atoms with Crippen LogP contribution in [0.2, 0.25) is 5.02 Å². The summed E-state index contributed by atoms with van der Waals surface area (Å²) < 4.78 is 40.2. The highest BCUT2D eigenvalue weighted by atomic mass is 35.5. The number of hydrogen-bond acceptors (Lipinski definition) is 5. The Morgan fingerprint density at radius 2 is 2.04 bits per heavy atom. The van der Waals surface area contributed by atoms with Gasteiger partial charge in [0.15, 0.2) is 5.65 Å². The number of fused-ring (bicyclic) bond motifs is 1. The van der Waals surface area contributed by atoms with Gasteiger partial charge in [0, 0.05) is 24.8 Å². The number of anilines is 2. The van der Waals surface area contributed by atoms with Gasteiger partial charge < -0.3 is 10.2 Å². The molecular weight excluding hydrogens is 369 g/mol. The van der Waals surface area contributed by atoms with Gasteiger partial charge in [-0.15, -0.1) is 15.3 Å². The summed E-state index contributed by atoms with van der Waals surface area (Å²) >= 11 is 5.84. The molecule has 0 radical (unpaired) electrons. The van der Waals surface area contributed by atoms with Crippen LogP contribution in [0.15, 0.2) is 30.3 Å². The average Bonchev–Trinajstić information content (AvgIpc) is 3.24. The minimum absolute atomic E-state index is 0.0651. The average molecular weight is 383 g/mol. The molecule has 1 atom stereocenters. The zero-order chi connectivity index (χ0) is 18.3. The second kappa shape index (κ2) is 6.64. The zero-order valence-corrected chi connectivity index (χ0v) is 14.2. The molecular formula is C16H14ClF3N6. The normalized spacial score (nSPS) is 17.4. The Bertz CT molecular complexity index is 947. The third-order valence-electron chi connectivity index (χ3n) is 4.29. The molecule has 0 aliphatic carbocycles. The highest BCUT2D eigenvalue weighted by Crippen LogP contribution is 2.26. The van der Waals surface area contributed by atoms with Crippen LogP contribution >= 0.6 is 11.6 Å². The summed E-state index contributed by atoms with van der Waals surface area (Å²) in [4.78, 5) is 2.07. The fourth-order valence-electron chi connectivity index (χ4n) is 3.02. The molecule has 1 aliphatic rings. The Labute approximate surface area is 151 Å². The molecule has 0 bridgehead atoms. The lowest BCUT2D eigenvalue weighted by Gasteiger charge is -2.19. The summed E-state index contributed by atoms with van der Waals surface area (Å²) in [5.74, 6) is -0.480. The van der Waals surface area contributed by atoms with E-state index in [1.807, 2.05) is 0 Å². The summed E-state index contributed by atoms with van der Waals surface area (Å²) in [7, 11) is 0. The van der Waals surface area contributed by atoms with Gasteiger partial charge in [0.05, 0.1) is 5.02 Å². The Hall–Kier alpha value is -2.55. The van der Waals surface area contributed by atoms with Crippen LogP contribution in [-0.2, 0) is 0 Å². The molecule has 0 amide bonds. The van der Waals surface area contributed by atoms with Gasteiger partial charge in [-0.1, -0.05) is 11.6 Å². The van der Waals surface area contributed by atoms with Gasteiger partial charge >= 0.3 is 0 Å². The first-order chi connectivity index (χ1) is 12.5. The lowest BCUT2D eigenvalue weighted by Crippen LogP contribution is -2.26. The number of benzene rings is 1. The smallest absolute Gasteiger partial charge is 0.299 e. The predicted octanol–water partition coefficient (Wildman–Crippen LogP) is 3.55. The van der Waals surface area contributed by atoms with Crippen LogP contribution in [0.1, 0.15) is 18.7 Å². The van der Waals surface area contributed by atoms with E-state index >= 15 is 0 Å². The lowest BCUT2D eigenvalue weighted by molar-refractivity contribution is 0.137. The molecule has 1 saturated heterocycles. The van der Waals surface area contributed by atoms with Crippen LogP contribution in [0.3, 0.4) is 0 Å². The molecule has 3 heterocycles. The first kappa shape index (κ1) is 16.9. The van der Waals surface area contributed by atoms with Gasteiger partial charge in [0.2, 0.25) is 5.82 Å². The molecule has 0 saturated carbocycles. The summed E-state index contributed by atoms with van der Waals surface area (Å²) in [6.45, 7) is 1.42. The molecule has 2 aromatic heterocycles. The van der Waals surface area contributed by atoms with Gasteiger partial charge in [0.1, 0.15) is 11.6 Å². The fraction of sp³-hybridized carbons (Fsp3) is 0.312. The molecule has 1 unspecified atom stereocenters. The van der Waals surface area contributed by atoms with Crippen LogP contribution in [-0.4, -0.2) is 38.9 Å². The number of hydrogen-bond donors (Lipinski definition) is 1. The Morgan fingerprint density at radius 3 is 2.81 bits per heavy atom. The molecule has 1 fully saturated rings. The highest BCUT2D eigenvalue weighted by Gasteiger charge is 2.24. The van der Waals surface area contributed by atoms with Crippen molar-refractivity contribution in [1.29, 1.82) is 0 Å². The Balaban J connectivity index is 1.49. The van der Waals surface area contributed by atoms with Crippen LogP contribution in [0.25, 0.3) is 5.65 Å². The van der Waals surface area contributed by atoms with Gasteiger partial charge in [-0.2, -0.15) is 4.52 Å². The molecule has 1 N–H and O–H groups in total. The van der Waals surface area contributed by atoms with Crippen molar-refractivity contribution in [2.45, 2.75) is 18.9 Å². The molecule has 3 aromatic rings. The fourth-order valence-corrected chi connectivity index (χ4v) is 3.20. The number of alkyl halides is 2. The van der Waals surface area contributed by atoms with Crippen molar-refractivity contribution in [2.24, 2.45) is 0 Å². The van der Waals surface area contributed by atoms with E-state index in [0.29, 0.717) is 12.4 Å². The first-order valence-electron chi connectivity index (χ1n) is 7.98. The molecule has 1 aromatic carbocycles. The van der Waals surface area contributed by atoms with Crippen molar-refractivity contribution in [2.75, 3.05) is 23.3 Å². The second-order valence-corrected chi connectivity index (χ2v) is 6.43. The monoisotopic (exact) mass is 382 g/mol. The lowest BCUT2D eigenvalue weighted by atomic mass is 10.2. The molecule has 0 spiro atoms. The van der Waals surface area contributed by atoms with Gasteiger partial charge in [0.25, 0.3) is 6.43 Å². The number of nitrogens with one attached hydrogen (secondary N) is 1. The molecule has 26 heavy (non-hydrogen) atoms. The third-order valence-corrected chi connectivity index (χ3v) is 4.58. The molecule has 1 aliphatic heterocycles. The van der Waals surface area contributed by atoms with Crippen LogP contribution in [0.4, 0.5) is 24.7 Å². The Kier molecular flexibility index (Phi) is 4.31. The van der Waals surface area contributed by atoms with E-state index in [1.54, 1.807) is 24.3 Å². The van der Waals surface area contributed by atoms with Crippen molar-refractivity contribution in [3.63, 3.8) is 0 Å². The Morgan fingerprint density at radius 1 is 1.19 bits per heavy atom. The highest BCUT2D eigenvalue weighted by molar-refractivity contribution is 6.31. The minimum Gasteiger partial charge on any atom is -0.369 e. The number of halogens is 4. The molecule has 4 rings (SSSR count). The van der Waals surface area contributed by atoms with E-state index < -0.39 is 18.1 Å².